The van der Waals surface area contributed by atoms with Crippen LogP contribution in [0.2, 0.25) is 0 Å². The van der Waals surface area contributed by atoms with E-state index in [1.54, 1.807) is 11.0 Å². The summed E-state index contributed by atoms with van der Waals surface area (Å²) in [7, 11) is 0. The highest BCUT2D eigenvalue weighted by atomic mass is 19.1. The van der Waals surface area contributed by atoms with Crippen LogP contribution in [-0.4, -0.2) is 43.2 Å². The summed E-state index contributed by atoms with van der Waals surface area (Å²) in [6.07, 6.45) is 0.116. The summed E-state index contributed by atoms with van der Waals surface area (Å²) in [6.45, 7) is 6.49. The van der Waals surface area contributed by atoms with Gasteiger partial charge in [-0.25, -0.2) is 9.18 Å². The van der Waals surface area contributed by atoms with E-state index in [0.29, 0.717) is 26.2 Å². The van der Waals surface area contributed by atoms with Gasteiger partial charge in [0.2, 0.25) is 0 Å². The fourth-order valence-electron chi connectivity index (χ4n) is 2.93. The molecule has 138 valence electrons. The molecule has 0 bridgehead atoms. The number of ether oxygens (including phenoxy) is 1. The zero-order valence-electron chi connectivity index (χ0n) is 15.1. The SMILES string of the molecule is CC(C)Oc1ccc(NC(=O)N2CCN(c3cccc(F)c3)CC2)cc1. The van der Waals surface area contributed by atoms with Gasteiger partial charge in [0.05, 0.1) is 6.10 Å². The van der Waals surface area contributed by atoms with Gasteiger partial charge in [-0.2, -0.15) is 0 Å². The number of hydrogen-bond donors (Lipinski definition) is 1. The van der Waals surface area contributed by atoms with Crippen molar-refractivity contribution in [3.8, 4) is 5.75 Å². The number of amides is 2. The molecule has 2 aromatic rings. The summed E-state index contributed by atoms with van der Waals surface area (Å²) in [5.74, 6) is 0.536. The summed E-state index contributed by atoms with van der Waals surface area (Å²) in [6, 6.07) is 13.8. The molecule has 0 spiro atoms. The van der Waals surface area contributed by atoms with Gasteiger partial charge in [0.25, 0.3) is 0 Å². The van der Waals surface area contributed by atoms with Crippen molar-refractivity contribution in [2.75, 3.05) is 36.4 Å². The molecule has 26 heavy (non-hydrogen) atoms. The lowest BCUT2D eigenvalue weighted by atomic mass is 10.2. The Labute approximate surface area is 153 Å². The lowest BCUT2D eigenvalue weighted by Gasteiger charge is -2.36. The van der Waals surface area contributed by atoms with Crippen LogP contribution >= 0.6 is 0 Å². The molecule has 0 atom stereocenters. The summed E-state index contributed by atoms with van der Waals surface area (Å²) >= 11 is 0. The molecule has 1 N–H and O–H groups in total. The van der Waals surface area contributed by atoms with Crippen molar-refractivity contribution in [1.29, 1.82) is 0 Å². The normalized spacial score (nSPS) is 14.5. The predicted molar refractivity (Wildman–Crippen MR) is 101 cm³/mol. The Kier molecular flexibility index (Phi) is 5.61. The molecule has 2 aromatic carbocycles. The molecule has 1 saturated heterocycles. The summed E-state index contributed by atoms with van der Waals surface area (Å²) in [5, 5.41) is 2.91. The Morgan fingerprint density at radius 3 is 2.38 bits per heavy atom. The van der Waals surface area contributed by atoms with Gasteiger partial charge in [0.15, 0.2) is 0 Å². The molecule has 0 aromatic heterocycles. The maximum Gasteiger partial charge on any atom is 0.321 e. The third kappa shape index (κ3) is 4.65. The Hall–Kier alpha value is -2.76. The number of carbonyl (C=O) groups excluding carboxylic acids is 1. The fourth-order valence-corrected chi connectivity index (χ4v) is 2.93. The van der Waals surface area contributed by atoms with Gasteiger partial charge in [0.1, 0.15) is 11.6 Å². The number of anilines is 2. The highest BCUT2D eigenvalue weighted by molar-refractivity contribution is 5.89. The zero-order valence-corrected chi connectivity index (χ0v) is 15.1. The van der Waals surface area contributed by atoms with E-state index in [9.17, 15) is 9.18 Å². The fraction of sp³-hybridized carbons (Fsp3) is 0.350. The minimum atomic E-state index is -0.243. The average molecular weight is 357 g/mol. The molecule has 0 saturated carbocycles. The second kappa shape index (κ2) is 8.08. The third-order valence-electron chi connectivity index (χ3n) is 4.22. The van der Waals surface area contributed by atoms with Crippen LogP contribution in [0.4, 0.5) is 20.6 Å². The van der Waals surface area contributed by atoms with E-state index in [1.165, 1.54) is 12.1 Å². The third-order valence-corrected chi connectivity index (χ3v) is 4.22. The van der Waals surface area contributed by atoms with Crippen molar-refractivity contribution in [3.05, 3.63) is 54.3 Å². The number of urea groups is 1. The minimum Gasteiger partial charge on any atom is -0.491 e. The topological polar surface area (TPSA) is 44.8 Å². The van der Waals surface area contributed by atoms with Gasteiger partial charge in [-0.1, -0.05) is 6.07 Å². The summed E-state index contributed by atoms with van der Waals surface area (Å²) in [5.41, 5.74) is 1.59. The van der Waals surface area contributed by atoms with E-state index in [2.05, 4.69) is 10.2 Å². The first kappa shape index (κ1) is 18.0. The standard InChI is InChI=1S/C20H24FN3O2/c1-15(2)26-19-8-6-17(7-9-19)22-20(25)24-12-10-23(11-13-24)18-5-3-4-16(21)14-18/h3-9,14-15H,10-13H2,1-2H3,(H,22,25). The van der Waals surface area contributed by atoms with E-state index >= 15 is 0 Å². The van der Waals surface area contributed by atoms with Crippen LogP contribution in [0, 0.1) is 5.82 Å². The van der Waals surface area contributed by atoms with Gasteiger partial charge >= 0.3 is 6.03 Å². The predicted octanol–water partition coefficient (Wildman–Crippen LogP) is 3.97. The highest BCUT2D eigenvalue weighted by Gasteiger charge is 2.21. The quantitative estimate of drug-likeness (QED) is 0.901. The van der Waals surface area contributed by atoms with Gasteiger partial charge < -0.3 is 19.9 Å². The Balaban J connectivity index is 1.52. The molecule has 3 rings (SSSR count). The van der Waals surface area contributed by atoms with E-state index in [0.717, 1.165) is 17.1 Å². The molecular formula is C20H24FN3O2. The number of carbonyl (C=O) groups is 1. The number of rotatable bonds is 4. The van der Waals surface area contributed by atoms with Crippen LogP contribution in [0.1, 0.15) is 13.8 Å². The van der Waals surface area contributed by atoms with Gasteiger partial charge in [-0.15, -0.1) is 0 Å². The van der Waals surface area contributed by atoms with Crippen molar-refractivity contribution in [2.24, 2.45) is 0 Å². The number of nitrogens with one attached hydrogen (secondary N) is 1. The van der Waals surface area contributed by atoms with E-state index in [4.69, 9.17) is 4.74 Å². The second-order valence-electron chi connectivity index (χ2n) is 6.58. The largest absolute Gasteiger partial charge is 0.491 e. The first-order valence-corrected chi connectivity index (χ1v) is 8.84. The van der Waals surface area contributed by atoms with Crippen molar-refractivity contribution in [3.63, 3.8) is 0 Å². The maximum absolute atomic E-state index is 13.4. The van der Waals surface area contributed by atoms with Crippen LogP contribution < -0.4 is 15.0 Å². The van der Waals surface area contributed by atoms with Gasteiger partial charge in [0, 0.05) is 37.6 Å². The average Bonchev–Trinajstić information content (AvgIpc) is 2.63. The molecule has 2 amide bonds. The van der Waals surface area contributed by atoms with Gasteiger partial charge in [-0.05, 0) is 56.3 Å². The molecule has 0 radical (unpaired) electrons. The van der Waals surface area contributed by atoms with Gasteiger partial charge in [-0.3, -0.25) is 0 Å². The number of piperazine rings is 1. The Bertz CT molecular complexity index is 741. The summed E-state index contributed by atoms with van der Waals surface area (Å²) in [4.78, 5) is 16.3. The molecule has 1 fully saturated rings. The monoisotopic (exact) mass is 357 g/mol. The molecule has 0 aliphatic carbocycles. The lowest BCUT2D eigenvalue weighted by Crippen LogP contribution is -2.50. The second-order valence-corrected chi connectivity index (χ2v) is 6.58. The number of halogens is 1. The first-order chi connectivity index (χ1) is 12.5. The molecule has 5 nitrogen and oxygen atoms in total. The lowest BCUT2D eigenvalue weighted by molar-refractivity contribution is 0.208. The maximum atomic E-state index is 13.4. The van der Waals surface area contributed by atoms with Crippen LogP contribution in [-0.2, 0) is 0 Å². The van der Waals surface area contributed by atoms with Crippen molar-refractivity contribution >= 4 is 17.4 Å². The number of benzene rings is 2. The first-order valence-electron chi connectivity index (χ1n) is 8.84. The van der Waals surface area contributed by atoms with Crippen molar-refractivity contribution in [1.82, 2.24) is 4.90 Å². The number of nitrogens with zero attached hydrogens (tertiary/aromatic N) is 2. The van der Waals surface area contributed by atoms with Crippen molar-refractivity contribution in [2.45, 2.75) is 20.0 Å². The Morgan fingerprint density at radius 1 is 1.08 bits per heavy atom. The molecule has 6 heteroatoms. The Morgan fingerprint density at radius 2 is 1.77 bits per heavy atom. The van der Waals surface area contributed by atoms with Crippen LogP contribution in [0.15, 0.2) is 48.5 Å². The van der Waals surface area contributed by atoms with E-state index < -0.39 is 0 Å². The summed E-state index contributed by atoms with van der Waals surface area (Å²) < 4.78 is 19.0. The minimum absolute atomic E-state index is 0.116. The smallest absolute Gasteiger partial charge is 0.321 e. The van der Waals surface area contributed by atoms with Crippen LogP contribution in [0.3, 0.4) is 0 Å². The van der Waals surface area contributed by atoms with E-state index in [-0.39, 0.29) is 18.0 Å². The molecule has 1 heterocycles. The van der Waals surface area contributed by atoms with Crippen LogP contribution in [0.5, 0.6) is 5.75 Å². The van der Waals surface area contributed by atoms with Crippen molar-refractivity contribution < 1.29 is 13.9 Å². The molecular weight excluding hydrogens is 333 g/mol. The molecule has 0 unspecified atom stereocenters. The molecule has 1 aliphatic heterocycles. The van der Waals surface area contributed by atoms with E-state index in [1.807, 2.05) is 44.2 Å². The molecule has 1 aliphatic rings. The highest BCUT2D eigenvalue weighted by Crippen LogP contribution is 2.19. The zero-order chi connectivity index (χ0) is 18.5. The number of hydrogen-bond acceptors (Lipinski definition) is 3. The van der Waals surface area contributed by atoms with Crippen LogP contribution in [0.25, 0.3) is 0 Å².